The first-order valence-corrected chi connectivity index (χ1v) is 7.49. The molecule has 0 bridgehead atoms. The molecule has 5 heteroatoms. The number of carbonyl (C=O) groups is 1. The zero-order valence-corrected chi connectivity index (χ0v) is 12.9. The van der Waals surface area contributed by atoms with Crippen molar-refractivity contribution in [2.75, 3.05) is 7.11 Å². The van der Waals surface area contributed by atoms with Crippen molar-refractivity contribution in [3.8, 4) is 11.3 Å². The van der Waals surface area contributed by atoms with Crippen LogP contribution in [0.5, 0.6) is 0 Å². The summed E-state index contributed by atoms with van der Waals surface area (Å²) in [6.45, 7) is 0. The number of hydrogen-bond donors (Lipinski definition) is 2. The Morgan fingerprint density at radius 2 is 1.88 bits per heavy atom. The average Bonchev–Trinajstić information content (AvgIpc) is 3.14. The SMILES string of the molecule is COC(=O)c1cc2cc[nH]c(=O)c2c2cc(-c3ccc[nH]3)ccc12. The van der Waals surface area contributed by atoms with Gasteiger partial charge in [-0.2, -0.15) is 0 Å². The summed E-state index contributed by atoms with van der Waals surface area (Å²) in [5, 5.41) is 2.69. The summed E-state index contributed by atoms with van der Waals surface area (Å²) in [6, 6.07) is 13.0. The number of esters is 1. The van der Waals surface area contributed by atoms with E-state index in [0.29, 0.717) is 21.7 Å². The van der Waals surface area contributed by atoms with E-state index in [1.807, 2.05) is 36.5 Å². The Hall–Kier alpha value is -3.34. The molecule has 0 saturated carbocycles. The van der Waals surface area contributed by atoms with Crippen LogP contribution in [0, 0.1) is 0 Å². The van der Waals surface area contributed by atoms with Crippen LogP contribution in [-0.4, -0.2) is 23.0 Å². The van der Waals surface area contributed by atoms with Gasteiger partial charge < -0.3 is 14.7 Å². The lowest BCUT2D eigenvalue weighted by Crippen LogP contribution is -2.08. The standard InChI is InChI=1S/C19H14N2O3/c1-24-19(23)15-10-12-6-8-21-18(22)17(12)14-9-11(4-5-13(14)15)16-3-2-7-20-16/h2-10,20H,1H3,(H,21,22). The number of carbonyl (C=O) groups excluding carboxylic acids is 1. The highest BCUT2D eigenvalue weighted by atomic mass is 16.5. The summed E-state index contributed by atoms with van der Waals surface area (Å²) in [4.78, 5) is 30.4. The van der Waals surface area contributed by atoms with Crippen LogP contribution in [0.15, 0.2) is 59.7 Å². The predicted octanol–water partition coefficient (Wildman–Crippen LogP) is 3.46. The first-order chi connectivity index (χ1) is 11.7. The molecule has 4 aromatic rings. The normalized spacial score (nSPS) is 11.0. The fourth-order valence-corrected chi connectivity index (χ4v) is 3.07. The molecule has 2 heterocycles. The molecule has 0 aliphatic rings. The van der Waals surface area contributed by atoms with Crippen LogP contribution in [0.3, 0.4) is 0 Å². The molecule has 0 spiro atoms. The average molecular weight is 318 g/mol. The largest absolute Gasteiger partial charge is 0.465 e. The van der Waals surface area contributed by atoms with Gasteiger partial charge in [-0.05, 0) is 52.1 Å². The number of rotatable bonds is 2. The Kier molecular flexibility index (Phi) is 3.20. The van der Waals surface area contributed by atoms with Crippen molar-refractivity contribution in [2.24, 2.45) is 0 Å². The summed E-state index contributed by atoms with van der Waals surface area (Å²) >= 11 is 0. The minimum absolute atomic E-state index is 0.183. The number of H-pyrrole nitrogens is 2. The Morgan fingerprint density at radius 1 is 1.00 bits per heavy atom. The molecule has 2 aromatic carbocycles. The van der Waals surface area contributed by atoms with Gasteiger partial charge in [0, 0.05) is 18.1 Å². The van der Waals surface area contributed by atoms with E-state index in [4.69, 9.17) is 4.74 Å². The third kappa shape index (κ3) is 2.10. The molecular weight excluding hydrogens is 304 g/mol. The topological polar surface area (TPSA) is 75.0 Å². The molecule has 2 aromatic heterocycles. The third-order valence-electron chi connectivity index (χ3n) is 4.19. The molecule has 2 N–H and O–H groups in total. The van der Waals surface area contributed by atoms with Crippen molar-refractivity contribution in [3.05, 3.63) is 70.8 Å². The van der Waals surface area contributed by atoms with Crippen molar-refractivity contribution in [1.82, 2.24) is 9.97 Å². The summed E-state index contributed by atoms with van der Waals surface area (Å²) in [5.74, 6) is -0.421. The van der Waals surface area contributed by atoms with Crippen molar-refractivity contribution >= 4 is 27.5 Å². The van der Waals surface area contributed by atoms with Gasteiger partial charge in [-0.25, -0.2) is 4.79 Å². The molecule has 5 nitrogen and oxygen atoms in total. The van der Waals surface area contributed by atoms with Crippen LogP contribution in [0.1, 0.15) is 10.4 Å². The second kappa shape index (κ2) is 5.38. The number of hydrogen-bond acceptors (Lipinski definition) is 3. The number of ether oxygens (including phenoxy) is 1. The number of fused-ring (bicyclic) bond motifs is 3. The number of nitrogens with one attached hydrogen (secondary N) is 2. The van der Waals surface area contributed by atoms with E-state index in [9.17, 15) is 9.59 Å². The first-order valence-electron chi connectivity index (χ1n) is 7.49. The third-order valence-corrected chi connectivity index (χ3v) is 4.19. The number of aromatic amines is 2. The van der Waals surface area contributed by atoms with Crippen LogP contribution in [0.25, 0.3) is 32.8 Å². The van der Waals surface area contributed by atoms with Crippen molar-refractivity contribution in [1.29, 1.82) is 0 Å². The zero-order chi connectivity index (χ0) is 16.7. The van der Waals surface area contributed by atoms with E-state index in [2.05, 4.69) is 9.97 Å². The molecule has 4 rings (SSSR count). The van der Waals surface area contributed by atoms with Crippen molar-refractivity contribution < 1.29 is 9.53 Å². The zero-order valence-electron chi connectivity index (χ0n) is 12.9. The number of aromatic nitrogens is 2. The molecule has 118 valence electrons. The summed E-state index contributed by atoms with van der Waals surface area (Å²) in [6.07, 6.45) is 3.42. The van der Waals surface area contributed by atoms with E-state index in [0.717, 1.165) is 16.6 Å². The molecule has 0 radical (unpaired) electrons. The van der Waals surface area contributed by atoms with E-state index >= 15 is 0 Å². The monoisotopic (exact) mass is 318 g/mol. The lowest BCUT2D eigenvalue weighted by Gasteiger charge is -2.10. The fraction of sp³-hybridized carbons (Fsp3) is 0.0526. The van der Waals surface area contributed by atoms with Crippen LogP contribution < -0.4 is 5.56 Å². The van der Waals surface area contributed by atoms with Gasteiger partial charge in [0.15, 0.2) is 0 Å². The first kappa shape index (κ1) is 14.3. The van der Waals surface area contributed by atoms with Gasteiger partial charge in [0.1, 0.15) is 0 Å². The van der Waals surface area contributed by atoms with Gasteiger partial charge in [-0.15, -0.1) is 0 Å². The van der Waals surface area contributed by atoms with Gasteiger partial charge in [-0.3, -0.25) is 4.79 Å². The summed E-state index contributed by atoms with van der Waals surface area (Å²) in [5.41, 5.74) is 2.15. The molecule has 0 atom stereocenters. The highest BCUT2D eigenvalue weighted by molar-refractivity contribution is 6.16. The minimum Gasteiger partial charge on any atom is -0.465 e. The van der Waals surface area contributed by atoms with Gasteiger partial charge in [0.05, 0.1) is 18.1 Å². The smallest absolute Gasteiger partial charge is 0.338 e. The molecule has 24 heavy (non-hydrogen) atoms. The van der Waals surface area contributed by atoms with Gasteiger partial charge >= 0.3 is 5.97 Å². The maximum Gasteiger partial charge on any atom is 0.338 e. The lowest BCUT2D eigenvalue weighted by atomic mass is 9.96. The van der Waals surface area contributed by atoms with Gasteiger partial charge in [0.25, 0.3) is 5.56 Å². The van der Waals surface area contributed by atoms with Crippen LogP contribution in [0.2, 0.25) is 0 Å². The molecule has 0 fully saturated rings. The molecule has 0 amide bonds. The van der Waals surface area contributed by atoms with Gasteiger partial charge in [0.2, 0.25) is 0 Å². The highest BCUT2D eigenvalue weighted by Gasteiger charge is 2.16. The second-order valence-corrected chi connectivity index (χ2v) is 5.53. The minimum atomic E-state index is -0.421. The Morgan fingerprint density at radius 3 is 2.62 bits per heavy atom. The van der Waals surface area contributed by atoms with Crippen LogP contribution in [-0.2, 0) is 4.74 Å². The second-order valence-electron chi connectivity index (χ2n) is 5.53. The Balaban J connectivity index is 2.16. The number of pyridine rings is 1. The molecule has 0 saturated heterocycles. The van der Waals surface area contributed by atoms with Crippen molar-refractivity contribution in [2.45, 2.75) is 0 Å². The van der Waals surface area contributed by atoms with E-state index in [-0.39, 0.29) is 5.56 Å². The number of methoxy groups -OCH3 is 1. The molecule has 0 aliphatic carbocycles. The summed E-state index contributed by atoms with van der Waals surface area (Å²) in [7, 11) is 1.35. The Bertz CT molecular complexity index is 1120. The van der Waals surface area contributed by atoms with Crippen LogP contribution in [0.4, 0.5) is 0 Å². The Labute approximate surface area is 136 Å². The molecular formula is C19H14N2O3. The quantitative estimate of drug-likeness (QED) is 0.439. The summed E-state index contributed by atoms with van der Waals surface area (Å²) < 4.78 is 4.89. The van der Waals surface area contributed by atoms with Crippen molar-refractivity contribution in [3.63, 3.8) is 0 Å². The maximum absolute atomic E-state index is 12.4. The van der Waals surface area contributed by atoms with Crippen LogP contribution >= 0.6 is 0 Å². The van der Waals surface area contributed by atoms with E-state index < -0.39 is 5.97 Å². The predicted molar refractivity (Wildman–Crippen MR) is 93.2 cm³/mol. The molecule has 0 unspecified atom stereocenters. The lowest BCUT2D eigenvalue weighted by molar-refractivity contribution is 0.0603. The van der Waals surface area contributed by atoms with E-state index in [1.54, 1.807) is 18.3 Å². The van der Waals surface area contributed by atoms with Gasteiger partial charge in [-0.1, -0.05) is 12.1 Å². The highest BCUT2D eigenvalue weighted by Crippen LogP contribution is 2.30. The maximum atomic E-state index is 12.4. The van der Waals surface area contributed by atoms with E-state index in [1.165, 1.54) is 7.11 Å². The number of benzene rings is 2. The molecule has 0 aliphatic heterocycles. The fourth-order valence-electron chi connectivity index (χ4n) is 3.07.